The van der Waals surface area contributed by atoms with E-state index in [-0.39, 0.29) is 5.17 Å². The third-order valence-electron chi connectivity index (χ3n) is 6.29. The Kier molecular flexibility index (Phi) is 6.27. The van der Waals surface area contributed by atoms with Crippen LogP contribution in [-0.4, -0.2) is 16.5 Å². The third-order valence-corrected chi connectivity index (χ3v) is 7.25. The van der Waals surface area contributed by atoms with Crippen molar-refractivity contribution in [2.45, 2.75) is 12.2 Å². The second-order valence-corrected chi connectivity index (χ2v) is 9.65. The highest BCUT2D eigenvalue weighted by molar-refractivity contribution is 9.10. The number of hydrogen-bond acceptors (Lipinski definition) is 4. The van der Waals surface area contributed by atoms with Crippen LogP contribution < -0.4 is 4.74 Å². The fourth-order valence-corrected chi connectivity index (χ4v) is 4.85. The van der Waals surface area contributed by atoms with Gasteiger partial charge in [0.15, 0.2) is 5.17 Å². The van der Waals surface area contributed by atoms with Gasteiger partial charge in [-0.25, -0.2) is 4.99 Å². The summed E-state index contributed by atoms with van der Waals surface area (Å²) >= 11 is 9.73. The van der Waals surface area contributed by atoms with Crippen LogP contribution in [0, 0.1) is 12.3 Å². The molecule has 5 rings (SSSR count). The van der Waals surface area contributed by atoms with Gasteiger partial charge in [-0.1, -0.05) is 65.0 Å². The number of ether oxygens (including phenoxy) is 1. The summed E-state index contributed by atoms with van der Waals surface area (Å²) in [6.07, 6.45) is 8.73. The van der Waals surface area contributed by atoms with E-state index in [0.717, 1.165) is 15.6 Å². The van der Waals surface area contributed by atoms with E-state index in [2.05, 4.69) is 45.0 Å². The van der Waals surface area contributed by atoms with Crippen molar-refractivity contribution in [2.24, 2.45) is 9.98 Å². The number of fused-ring (bicyclic) bond motifs is 6. The SMILES string of the molecule is C#C/C(Cl)=N\c1ccc2cc1C(=C)c1cccc(c1)OCc1cc(ccc1Br)C2(O)C1=CN=CC1=C. The minimum atomic E-state index is -1.57. The summed E-state index contributed by atoms with van der Waals surface area (Å²) < 4.78 is 7.00. The minimum Gasteiger partial charge on any atom is -0.489 e. The maximum absolute atomic E-state index is 12.5. The number of aliphatic imine (C=N–C) groups is 2. The molecule has 1 atom stereocenters. The van der Waals surface area contributed by atoms with Crippen LogP contribution in [0.25, 0.3) is 5.57 Å². The standard InChI is InChI=1S/C30H20BrClN2O2/c1-4-29(32)34-28-11-9-23-14-25(28)19(3)20-6-5-7-24(13-20)36-17-21-12-22(8-10-27(21)31)30(23,35)26-16-33-15-18(26)2/h1,5-16,35H,2-3,17H2/b34-29+. The molecule has 2 heterocycles. The van der Waals surface area contributed by atoms with Crippen molar-refractivity contribution in [3.8, 4) is 18.1 Å². The molecule has 0 amide bonds. The minimum absolute atomic E-state index is 0.0138. The Morgan fingerprint density at radius 3 is 2.67 bits per heavy atom. The lowest BCUT2D eigenvalue weighted by molar-refractivity contribution is 0.124. The zero-order chi connectivity index (χ0) is 25.4. The van der Waals surface area contributed by atoms with Crippen LogP contribution in [0.1, 0.15) is 27.8 Å². The van der Waals surface area contributed by atoms with Crippen molar-refractivity contribution in [3.63, 3.8) is 0 Å². The Bertz CT molecular complexity index is 1580. The van der Waals surface area contributed by atoms with E-state index in [1.807, 2.05) is 48.5 Å². The Balaban J connectivity index is 1.85. The summed E-state index contributed by atoms with van der Waals surface area (Å²) in [4.78, 5) is 8.66. The number of nitrogens with zero attached hydrogens (tertiary/aromatic N) is 2. The smallest absolute Gasteiger partial charge is 0.180 e. The fourth-order valence-electron chi connectivity index (χ4n) is 4.40. The maximum Gasteiger partial charge on any atom is 0.180 e. The van der Waals surface area contributed by atoms with E-state index >= 15 is 0 Å². The second kappa shape index (κ2) is 9.40. The Hall–Kier alpha value is -3.69. The van der Waals surface area contributed by atoms with Gasteiger partial charge in [-0.3, -0.25) is 4.99 Å². The molecule has 0 aromatic heterocycles. The predicted octanol–water partition coefficient (Wildman–Crippen LogP) is 7.07. The van der Waals surface area contributed by atoms with Crippen LogP contribution in [0.5, 0.6) is 5.75 Å². The molecule has 1 unspecified atom stereocenters. The van der Waals surface area contributed by atoms with Gasteiger partial charge in [-0.15, -0.1) is 6.42 Å². The van der Waals surface area contributed by atoms with Gasteiger partial charge in [0.05, 0.1) is 5.69 Å². The molecule has 36 heavy (non-hydrogen) atoms. The topological polar surface area (TPSA) is 54.2 Å². The van der Waals surface area contributed by atoms with Crippen molar-refractivity contribution >= 4 is 50.2 Å². The lowest BCUT2D eigenvalue weighted by Gasteiger charge is -2.32. The highest BCUT2D eigenvalue weighted by Crippen LogP contribution is 2.44. The second-order valence-electron chi connectivity index (χ2n) is 8.44. The summed E-state index contributed by atoms with van der Waals surface area (Å²) in [5.74, 6) is 3.03. The van der Waals surface area contributed by atoms with E-state index in [0.29, 0.717) is 51.5 Å². The quantitative estimate of drug-likeness (QED) is 0.272. The number of rotatable bonds is 2. The summed E-state index contributed by atoms with van der Waals surface area (Å²) in [5, 5.41) is 12.5. The molecule has 1 N–H and O–H groups in total. The normalized spacial score (nSPS) is 18.9. The number of hydrogen-bond donors (Lipinski definition) is 1. The molecule has 0 saturated carbocycles. The molecule has 176 valence electrons. The molecule has 2 aliphatic rings. The van der Waals surface area contributed by atoms with Gasteiger partial charge in [0.25, 0.3) is 0 Å². The lowest BCUT2D eigenvalue weighted by Crippen LogP contribution is -2.30. The molecule has 0 saturated heterocycles. The van der Waals surface area contributed by atoms with Gasteiger partial charge in [-0.2, -0.15) is 0 Å². The van der Waals surface area contributed by atoms with Crippen LogP contribution in [0.15, 0.2) is 106 Å². The van der Waals surface area contributed by atoms with Gasteiger partial charge < -0.3 is 9.84 Å². The van der Waals surface area contributed by atoms with E-state index < -0.39 is 5.60 Å². The molecular formula is C30H20BrClN2O2. The molecular weight excluding hydrogens is 536 g/mol. The highest BCUT2D eigenvalue weighted by atomic mass is 79.9. The summed E-state index contributed by atoms with van der Waals surface area (Å²) in [6.45, 7) is 8.74. The first kappa shape index (κ1) is 24.0. The van der Waals surface area contributed by atoms with Gasteiger partial charge >= 0.3 is 0 Å². The van der Waals surface area contributed by atoms with Crippen LogP contribution >= 0.6 is 27.5 Å². The molecule has 0 spiro atoms. The lowest BCUT2D eigenvalue weighted by atomic mass is 9.77. The van der Waals surface area contributed by atoms with Crippen LogP contribution in [-0.2, 0) is 12.2 Å². The molecule has 0 fully saturated rings. The molecule has 0 radical (unpaired) electrons. The monoisotopic (exact) mass is 554 g/mol. The molecule has 4 nitrogen and oxygen atoms in total. The Morgan fingerprint density at radius 1 is 1.14 bits per heavy atom. The van der Waals surface area contributed by atoms with E-state index in [1.54, 1.807) is 24.5 Å². The fraction of sp³-hybridized carbons (Fsp3) is 0.0667. The van der Waals surface area contributed by atoms with Gasteiger partial charge in [-0.05, 0) is 70.2 Å². The molecule has 3 aromatic carbocycles. The first-order chi connectivity index (χ1) is 17.3. The predicted molar refractivity (Wildman–Crippen MR) is 150 cm³/mol. The van der Waals surface area contributed by atoms with Crippen molar-refractivity contribution in [2.75, 3.05) is 0 Å². The van der Waals surface area contributed by atoms with E-state index in [1.165, 1.54) is 0 Å². The average Bonchev–Trinajstić information content (AvgIpc) is 3.33. The number of aliphatic hydroxyl groups is 1. The van der Waals surface area contributed by atoms with Crippen LogP contribution in [0.2, 0.25) is 0 Å². The molecule has 3 aromatic rings. The first-order valence-corrected chi connectivity index (χ1v) is 12.2. The van der Waals surface area contributed by atoms with Gasteiger partial charge in [0.2, 0.25) is 0 Å². The zero-order valence-electron chi connectivity index (χ0n) is 19.1. The molecule has 0 aliphatic carbocycles. The summed E-state index contributed by atoms with van der Waals surface area (Å²) in [5.41, 5.74) is 4.44. The van der Waals surface area contributed by atoms with Crippen molar-refractivity contribution in [1.29, 1.82) is 0 Å². The van der Waals surface area contributed by atoms with Crippen molar-refractivity contribution < 1.29 is 9.84 Å². The van der Waals surface area contributed by atoms with Gasteiger partial charge in [0, 0.05) is 33.6 Å². The zero-order valence-corrected chi connectivity index (χ0v) is 21.5. The van der Waals surface area contributed by atoms with Gasteiger partial charge in [0.1, 0.15) is 18.0 Å². The molecule has 6 bridgehead atoms. The van der Waals surface area contributed by atoms with Crippen molar-refractivity contribution in [3.05, 3.63) is 123 Å². The van der Waals surface area contributed by atoms with Crippen LogP contribution in [0.4, 0.5) is 5.69 Å². The molecule has 2 aliphatic heterocycles. The first-order valence-electron chi connectivity index (χ1n) is 11.0. The van der Waals surface area contributed by atoms with E-state index in [9.17, 15) is 5.11 Å². The maximum atomic E-state index is 12.5. The summed E-state index contributed by atoms with van der Waals surface area (Å²) in [6, 6.07) is 18.8. The van der Waals surface area contributed by atoms with Crippen molar-refractivity contribution in [1.82, 2.24) is 0 Å². The summed E-state index contributed by atoms with van der Waals surface area (Å²) in [7, 11) is 0. The highest BCUT2D eigenvalue weighted by Gasteiger charge is 2.39. The number of terminal acetylenes is 1. The van der Waals surface area contributed by atoms with E-state index in [4.69, 9.17) is 22.8 Å². The molecule has 6 heteroatoms. The largest absolute Gasteiger partial charge is 0.489 e. The number of benzene rings is 3. The Morgan fingerprint density at radius 2 is 1.92 bits per heavy atom. The number of halogens is 2. The average molecular weight is 556 g/mol. The third kappa shape index (κ3) is 4.14. The Labute approximate surface area is 223 Å². The van der Waals surface area contributed by atoms with Crippen LogP contribution in [0.3, 0.4) is 0 Å².